The van der Waals surface area contributed by atoms with Crippen LogP contribution in [-0.2, 0) is 0 Å². The lowest BCUT2D eigenvalue weighted by Crippen LogP contribution is -1.98. The lowest BCUT2D eigenvalue weighted by molar-refractivity contribution is -0.400. The Kier molecular flexibility index (Phi) is 4.53. The summed E-state index contributed by atoms with van der Waals surface area (Å²) in [6.45, 7) is 1.80. The molecule has 0 radical (unpaired) electrons. The van der Waals surface area contributed by atoms with Gasteiger partial charge in [0.05, 0.1) is 26.3 Å². The van der Waals surface area contributed by atoms with Gasteiger partial charge in [-0.1, -0.05) is 0 Å². The molecule has 18 heavy (non-hydrogen) atoms. The standard InChI is InChI=1S/C12H15NO5/c1-8-11(17-3)9(5-6-13(14)15)7-10(16-2)12(8)18-4/h5-7H,1-4H3. The highest BCUT2D eigenvalue weighted by Gasteiger charge is 2.16. The third-order valence-corrected chi connectivity index (χ3v) is 2.46. The summed E-state index contributed by atoms with van der Waals surface area (Å²) in [5, 5.41) is 10.4. The average Bonchev–Trinajstić information content (AvgIpc) is 2.35. The van der Waals surface area contributed by atoms with E-state index in [4.69, 9.17) is 14.2 Å². The van der Waals surface area contributed by atoms with E-state index >= 15 is 0 Å². The fourth-order valence-electron chi connectivity index (χ4n) is 1.72. The van der Waals surface area contributed by atoms with Gasteiger partial charge in [-0.05, 0) is 13.0 Å². The number of nitrogens with zero attached hydrogens (tertiary/aromatic N) is 1. The van der Waals surface area contributed by atoms with Gasteiger partial charge in [-0.3, -0.25) is 10.1 Å². The Morgan fingerprint density at radius 1 is 1.17 bits per heavy atom. The molecular weight excluding hydrogens is 238 g/mol. The molecule has 0 atom stereocenters. The topological polar surface area (TPSA) is 70.8 Å². The molecule has 0 heterocycles. The van der Waals surface area contributed by atoms with Crippen LogP contribution in [0.2, 0.25) is 0 Å². The van der Waals surface area contributed by atoms with Crippen LogP contribution in [0.3, 0.4) is 0 Å². The van der Waals surface area contributed by atoms with Crippen molar-refractivity contribution in [1.29, 1.82) is 0 Å². The van der Waals surface area contributed by atoms with Gasteiger partial charge in [0.2, 0.25) is 6.20 Å². The summed E-state index contributed by atoms with van der Waals surface area (Å²) >= 11 is 0. The van der Waals surface area contributed by atoms with Crippen molar-refractivity contribution in [2.45, 2.75) is 6.92 Å². The zero-order valence-corrected chi connectivity index (χ0v) is 10.7. The quantitative estimate of drug-likeness (QED) is 0.594. The van der Waals surface area contributed by atoms with Crippen molar-refractivity contribution in [2.24, 2.45) is 0 Å². The van der Waals surface area contributed by atoms with Crippen LogP contribution in [0.5, 0.6) is 17.2 Å². The van der Waals surface area contributed by atoms with Gasteiger partial charge in [0.15, 0.2) is 11.5 Å². The van der Waals surface area contributed by atoms with Crippen molar-refractivity contribution in [3.8, 4) is 17.2 Å². The van der Waals surface area contributed by atoms with Crippen LogP contribution in [0.15, 0.2) is 12.3 Å². The molecule has 98 valence electrons. The molecule has 1 aromatic carbocycles. The molecule has 0 fully saturated rings. The summed E-state index contributed by atoms with van der Waals surface area (Å²) in [6, 6.07) is 1.63. The van der Waals surface area contributed by atoms with Gasteiger partial charge in [0, 0.05) is 17.2 Å². The van der Waals surface area contributed by atoms with Gasteiger partial charge >= 0.3 is 0 Å². The van der Waals surface area contributed by atoms with Crippen molar-refractivity contribution in [1.82, 2.24) is 0 Å². The lowest BCUT2D eigenvalue weighted by Gasteiger charge is -2.15. The molecule has 0 aliphatic heterocycles. The molecule has 0 saturated heterocycles. The first-order valence-corrected chi connectivity index (χ1v) is 5.16. The molecule has 0 bridgehead atoms. The molecule has 0 spiro atoms. The maximum atomic E-state index is 10.4. The number of benzene rings is 1. The summed E-state index contributed by atoms with van der Waals surface area (Å²) in [7, 11) is 4.53. The third kappa shape index (κ3) is 2.71. The van der Waals surface area contributed by atoms with E-state index in [9.17, 15) is 10.1 Å². The number of hydrogen-bond acceptors (Lipinski definition) is 5. The van der Waals surface area contributed by atoms with Crippen LogP contribution >= 0.6 is 0 Å². The van der Waals surface area contributed by atoms with Gasteiger partial charge in [-0.2, -0.15) is 0 Å². The van der Waals surface area contributed by atoms with E-state index in [0.717, 1.165) is 11.8 Å². The van der Waals surface area contributed by atoms with E-state index in [1.54, 1.807) is 13.0 Å². The minimum atomic E-state index is -0.536. The second-order valence-corrected chi connectivity index (χ2v) is 3.46. The Hall–Kier alpha value is -2.24. The van der Waals surface area contributed by atoms with Crippen LogP contribution in [0.25, 0.3) is 6.08 Å². The van der Waals surface area contributed by atoms with Crippen molar-refractivity contribution >= 4 is 6.08 Å². The molecule has 1 rings (SSSR count). The Morgan fingerprint density at radius 2 is 1.78 bits per heavy atom. The van der Waals surface area contributed by atoms with E-state index < -0.39 is 4.92 Å². The Labute approximate surface area is 105 Å². The Balaban J connectivity index is 3.42. The van der Waals surface area contributed by atoms with Crippen LogP contribution in [0, 0.1) is 17.0 Å². The molecular formula is C12H15NO5. The number of rotatable bonds is 5. The molecule has 0 saturated carbocycles. The summed E-state index contributed by atoms with van der Waals surface area (Å²) in [5.41, 5.74) is 1.28. The van der Waals surface area contributed by atoms with E-state index in [1.165, 1.54) is 27.4 Å². The van der Waals surface area contributed by atoms with Gasteiger partial charge in [0.25, 0.3) is 0 Å². The van der Waals surface area contributed by atoms with Crippen molar-refractivity contribution in [3.05, 3.63) is 33.5 Å². The number of nitro groups is 1. The first-order valence-electron chi connectivity index (χ1n) is 5.16. The molecule has 0 N–H and O–H groups in total. The molecule has 0 unspecified atom stereocenters. The van der Waals surface area contributed by atoms with Gasteiger partial charge < -0.3 is 14.2 Å². The molecule has 0 amide bonds. The SMILES string of the molecule is COc1cc(C=C[N+](=O)[O-])c(OC)c(C)c1OC. The summed E-state index contributed by atoms with van der Waals surface area (Å²) in [5.74, 6) is 1.57. The molecule has 1 aromatic rings. The van der Waals surface area contributed by atoms with Gasteiger partial charge in [-0.25, -0.2) is 0 Å². The maximum absolute atomic E-state index is 10.4. The fraction of sp³-hybridized carbons (Fsp3) is 0.333. The predicted molar refractivity (Wildman–Crippen MR) is 66.9 cm³/mol. The lowest BCUT2D eigenvalue weighted by atomic mass is 10.1. The minimum absolute atomic E-state index is 0.499. The normalized spacial score (nSPS) is 10.4. The van der Waals surface area contributed by atoms with Crippen LogP contribution in [-0.4, -0.2) is 26.3 Å². The zero-order valence-electron chi connectivity index (χ0n) is 10.7. The first kappa shape index (κ1) is 13.8. The average molecular weight is 253 g/mol. The molecule has 6 nitrogen and oxygen atoms in total. The zero-order chi connectivity index (χ0) is 13.7. The van der Waals surface area contributed by atoms with E-state index in [2.05, 4.69) is 0 Å². The minimum Gasteiger partial charge on any atom is -0.496 e. The second-order valence-electron chi connectivity index (χ2n) is 3.46. The van der Waals surface area contributed by atoms with Gasteiger partial charge in [-0.15, -0.1) is 0 Å². The summed E-state index contributed by atoms with van der Waals surface area (Å²) < 4.78 is 15.6. The van der Waals surface area contributed by atoms with Crippen LogP contribution < -0.4 is 14.2 Å². The van der Waals surface area contributed by atoms with E-state index in [1.807, 2.05) is 0 Å². The highest BCUT2D eigenvalue weighted by Crippen LogP contribution is 2.40. The molecule has 6 heteroatoms. The monoisotopic (exact) mass is 253 g/mol. The molecule has 0 aromatic heterocycles. The van der Waals surface area contributed by atoms with Gasteiger partial charge in [0.1, 0.15) is 5.75 Å². The first-order chi connectivity index (χ1) is 8.54. The number of ether oxygens (including phenoxy) is 3. The van der Waals surface area contributed by atoms with Crippen molar-refractivity contribution < 1.29 is 19.1 Å². The maximum Gasteiger partial charge on any atom is 0.235 e. The van der Waals surface area contributed by atoms with E-state index in [0.29, 0.717) is 22.8 Å². The van der Waals surface area contributed by atoms with Crippen molar-refractivity contribution in [3.63, 3.8) is 0 Å². The highest BCUT2D eigenvalue weighted by atomic mass is 16.6. The molecule has 0 aliphatic rings. The van der Waals surface area contributed by atoms with Crippen LogP contribution in [0.4, 0.5) is 0 Å². The van der Waals surface area contributed by atoms with Crippen molar-refractivity contribution in [2.75, 3.05) is 21.3 Å². The Morgan fingerprint density at radius 3 is 2.22 bits per heavy atom. The summed E-state index contributed by atoms with van der Waals surface area (Å²) in [4.78, 5) is 9.82. The number of hydrogen-bond donors (Lipinski definition) is 0. The smallest absolute Gasteiger partial charge is 0.235 e. The second kappa shape index (κ2) is 5.90. The molecule has 0 aliphatic carbocycles. The largest absolute Gasteiger partial charge is 0.496 e. The predicted octanol–water partition coefficient (Wildman–Crippen LogP) is 2.27. The fourth-order valence-corrected chi connectivity index (χ4v) is 1.72. The van der Waals surface area contributed by atoms with E-state index in [-0.39, 0.29) is 0 Å². The Bertz CT molecular complexity index is 482. The number of methoxy groups -OCH3 is 3. The third-order valence-electron chi connectivity index (χ3n) is 2.46. The highest BCUT2D eigenvalue weighted by molar-refractivity contribution is 5.67. The summed E-state index contributed by atoms with van der Waals surface area (Å²) in [6.07, 6.45) is 2.21. The van der Waals surface area contributed by atoms with Crippen LogP contribution in [0.1, 0.15) is 11.1 Å².